The minimum absolute atomic E-state index is 0.470. The molecule has 0 saturated heterocycles. The van der Waals surface area contributed by atoms with Crippen LogP contribution in [-0.4, -0.2) is 6.04 Å². The molecule has 0 amide bonds. The minimum atomic E-state index is 0.470. The zero-order valence-electron chi connectivity index (χ0n) is 8.26. The number of rotatable bonds is 3. The third-order valence-corrected chi connectivity index (χ3v) is 3.06. The fourth-order valence-corrected chi connectivity index (χ4v) is 1.87. The van der Waals surface area contributed by atoms with E-state index >= 15 is 0 Å². The number of nitrogens with one attached hydrogen (secondary N) is 1. The predicted molar refractivity (Wildman–Crippen MR) is 61.7 cm³/mol. The van der Waals surface area contributed by atoms with E-state index in [-0.39, 0.29) is 0 Å². The first kappa shape index (κ1) is 9.66. The molecule has 1 aliphatic carbocycles. The Morgan fingerprint density at radius 1 is 1.50 bits per heavy atom. The highest BCUT2D eigenvalue weighted by Gasteiger charge is 2.28. The van der Waals surface area contributed by atoms with Crippen LogP contribution in [0.15, 0.2) is 18.2 Å². The lowest BCUT2D eigenvalue weighted by atomic mass is 10.2. The van der Waals surface area contributed by atoms with Crippen molar-refractivity contribution in [1.29, 1.82) is 0 Å². The summed E-state index contributed by atoms with van der Waals surface area (Å²) in [4.78, 5) is 0. The summed E-state index contributed by atoms with van der Waals surface area (Å²) >= 11 is 6.06. The zero-order valence-corrected chi connectivity index (χ0v) is 9.01. The first-order valence-electron chi connectivity index (χ1n) is 4.99. The lowest BCUT2D eigenvalue weighted by molar-refractivity contribution is 0.694. The molecular weight excluding hydrogens is 196 g/mol. The molecule has 0 aliphatic heterocycles. The summed E-state index contributed by atoms with van der Waals surface area (Å²) in [6, 6.07) is 6.07. The number of anilines is 2. The van der Waals surface area contributed by atoms with E-state index in [2.05, 4.69) is 12.2 Å². The molecule has 1 aromatic carbocycles. The van der Waals surface area contributed by atoms with Gasteiger partial charge < -0.3 is 11.1 Å². The second-order valence-corrected chi connectivity index (χ2v) is 4.38. The van der Waals surface area contributed by atoms with Crippen molar-refractivity contribution in [1.82, 2.24) is 0 Å². The first-order chi connectivity index (χ1) is 6.68. The Morgan fingerprint density at radius 2 is 2.21 bits per heavy atom. The van der Waals surface area contributed by atoms with Gasteiger partial charge in [-0.25, -0.2) is 0 Å². The van der Waals surface area contributed by atoms with Crippen LogP contribution in [0, 0.1) is 5.92 Å². The van der Waals surface area contributed by atoms with E-state index in [4.69, 9.17) is 17.3 Å². The van der Waals surface area contributed by atoms with Gasteiger partial charge in [-0.2, -0.15) is 0 Å². The summed E-state index contributed by atoms with van der Waals surface area (Å²) in [5, 5.41) is 4.09. The average Bonchev–Trinajstić information content (AvgIpc) is 2.94. The number of halogens is 1. The average molecular weight is 211 g/mol. The summed E-state index contributed by atoms with van der Waals surface area (Å²) in [6.45, 7) is 2.18. The largest absolute Gasteiger partial charge is 0.397 e. The van der Waals surface area contributed by atoms with Crippen LogP contribution in [0.3, 0.4) is 0 Å². The van der Waals surface area contributed by atoms with Crippen LogP contribution >= 0.6 is 11.6 Å². The maximum absolute atomic E-state index is 6.06. The molecule has 2 nitrogen and oxygen atoms in total. The van der Waals surface area contributed by atoms with E-state index in [0.29, 0.717) is 11.1 Å². The van der Waals surface area contributed by atoms with Gasteiger partial charge in [-0.1, -0.05) is 17.7 Å². The van der Waals surface area contributed by atoms with Crippen molar-refractivity contribution in [2.45, 2.75) is 25.8 Å². The smallest absolute Gasteiger partial charge is 0.0765 e. The van der Waals surface area contributed by atoms with Gasteiger partial charge in [0.25, 0.3) is 0 Å². The summed E-state index contributed by atoms with van der Waals surface area (Å²) in [7, 11) is 0. The van der Waals surface area contributed by atoms with Crippen molar-refractivity contribution < 1.29 is 0 Å². The Morgan fingerprint density at radius 3 is 2.79 bits per heavy atom. The normalized spacial score (nSPS) is 17.9. The number of nitrogen functional groups attached to an aromatic ring is 1. The number of para-hydroxylation sites is 1. The van der Waals surface area contributed by atoms with E-state index in [1.165, 1.54) is 12.8 Å². The van der Waals surface area contributed by atoms with E-state index in [9.17, 15) is 0 Å². The first-order valence-corrected chi connectivity index (χ1v) is 5.37. The van der Waals surface area contributed by atoms with E-state index in [1.54, 1.807) is 0 Å². The molecule has 1 unspecified atom stereocenters. The van der Waals surface area contributed by atoms with E-state index in [1.807, 2.05) is 18.2 Å². The second-order valence-electron chi connectivity index (χ2n) is 3.97. The number of hydrogen-bond acceptors (Lipinski definition) is 2. The van der Waals surface area contributed by atoms with Gasteiger partial charge in [-0.3, -0.25) is 0 Å². The SMILES string of the molecule is CC(Nc1c(N)cccc1Cl)C1CC1. The maximum Gasteiger partial charge on any atom is 0.0765 e. The molecule has 0 aromatic heterocycles. The molecule has 1 fully saturated rings. The molecule has 1 atom stereocenters. The lowest BCUT2D eigenvalue weighted by Crippen LogP contribution is -2.18. The second kappa shape index (κ2) is 3.70. The van der Waals surface area contributed by atoms with Crippen LogP contribution in [-0.2, 0) is 0 Å². The van der Waals surface area contributed by atoms with Crippen LogP contribution in [0.5, 0.6) is 0 Å². The quantitative estimate of drug-likeness (QED) is 0.753. The molecule has 1 aliphatic rings. The molecule has 1 aromatic rings. The fourth-order valence-electron chi connectivity index (χ4n) is 1.63. The molecule has 0 radical (unpaired) electrons. The van der Waals surface area contributed by atoms with Gasteiger partial charge in [0.1, 0.15) is 0 Å². The predicted octanol–water partition coefficient (Wildman–Crippen LogP) is 3.13. The third-order valence-electron chi connectivity index (χ3n) is 2.75. The van der Waals surface area contributed by atoms with Crippen LogP contribution in [0.1, 0.15) is 19.8 Å². The number of hydrogen-bond donors (Lipinski definition) is 2. The van der Waals surface area contributed by atoms with Gasteiger partial charge >= 0.3 is 0 Å². The summed E-state index contributed by atoms with van der Waals surface area (Å²) in [5.41, 5.74) is 7.45. The molecule has 1 saturated carbocycles. The van der Waals surface area contributed by atoms with Gasteiger partial charge in [-0.15, -0.1) is 0 Å². The molecule has 76 valence electrons. The van der Waals surface area contributed by atoms with Crippen molar-refractivity contribution in [3.8, 4) is 0 Å². The fraction of sp³-hybridized carbons (Fsp3) is 0.455. The Labute approximate surface area is 89.4 Å². The Kier molecular flexibility index (Phi) is 2.55. The van der Waals surface area contributed by atoms with Crippen molar-refractivity contribution in [2.24, 2.45) is 5.92 Å². The van der Waals surface area contributed by atoms with Gasteiger partial charge in [-0.05, 0) is 37.8 Å². The summed E-state index contributed by atoms with van der Waals surface area (Å²) < 4.78 is 0. The van der Waals surface area contributed by atoms with Crippen LogP contribution in [0.4, 0.5) is 11.4 Å². The standard InChI is InChI=1S/C11H15ClN2/c1-7(8-5-6-8)14-11-9(12)3-2-4-10(11)13/h2-4,7-8,14H,5-6,13H2,1H3. The molecule has 3 N–H and O–H groups in total. The van der Waals surface area contributed by atoms with Crippen LogP contribution in [0.25, 0.3) is 0 Å². The topological polar surface area (TPSA) is 38.0 Å². The lowest BCUT2D eigenvalue weighted by Gasteiger charge is -2.17. The van der Waals surface area contributed by atoms with Crippen LogP contribution < -0.4 is 11.1 Å². The zero-order chi connectivity index (χ0) is 10.1. The Bertz CT molecular complexity index is 314. The highest BCUT2D eigenvalue weighted by molar-refractivity contribution is 6.33. The third kappa shape index (κ3) is 1.95. The maximum atomic E-state index is 6.06. The van der Waals surface area contributed by atoms with Gasteiger partial charge in [0, 0.05) is 6.04 Å². The van der Waals surface area contributed by atoms with Crippen molar-refractivity contribution in [3.63, 3.8) is 0 Å². The molecule has 0 heterocycles. The highest BCUT2D eigenvalue weighted by atomic mass is 35.5. The summed E-state index contributed by atoms with van der Waals surface area (Å²) in [5.74, 6) is 0.797. The number of benzene rings is 1. The van der Waals surface area contributed by atoms with Crippen molar-refractivity contribution in [2.75, 3.05) is 11.1 Å². The number of nitrogens with two attached hydrogens (primary N) is 1. The van der Waals surface area contributed by atoms with Crippen molar-refractivity contribution in [3.05, 3.63) is 23.2 Å². The Balaban J connectivity index is 2.14. The monoisotopic (exact) mass is 210 g/mol. The minimum Gasteiger partial charge on any atom is -0.397 e. The highest BCUT2D eigenvalue weighted by Crippen LogP contribution is 2.36. The molecular formula is C11H15ClN2. The molecule has 0 spiro atoms. The molecule has 14 heavy (non-hydrogen) atoms. The summed E-state index contributed by atoms with van der Waals surface area (Å²) in [6.07, 6.45) is 2.64. The van der Waals surface area contributed by atoms with Crippen LogP contribution in [0.2, 0.25) is 5.02 Å². The van der Waals surface area contributed by atoms with Gasteiger partial charge in [0.05, 0.1) is 16.4 Å². The molecule has 2 rings (SSSR count). The van der Waals surface area contributed by atoms with Gasteiger partial charge in [0.2, 0.25) is 0 Å². The van der Waals surface area contributed by atoms with Crippen molar-refractivity contribution >= 4 is 23.0 Å². The van der Waals surface area contributed by atoms with E-state index < -0.39 is 0 Å². The Hall–Kier alpha value is -0.890. The van der Waals surface area contributed by atoms with Gasteiger partial charge in [0.15, 0.2) is 0 Å². The van der Waals surface area contributed by atoms with E-state index in [0.717, 1.165) is 17.3 Å². The molecule has 0 bridgehead atoms. The molecule has 3 heteroatoms.